The lowest BCUT2D eigenvalue weighted by Gasteiger charge is -2.38. The van der Waals surface area contributed by atoms with E-state index in [0.29, 0.717) is 12.5 Å². The number of nitrogens with two attached hydrogens (primary N) is 1. The molecule has 1 aromatic heterocycles. The lowest BCUT2D eigenvalue weighted by molar-refractivity contribution is 0.0563. The third kappa shape index (κ3) is 3.09. The van der Waals surface area contributed by atoms with Gasteiger partial charge in [0.1, 0.15) is 5.75 Å². The molecule has 1 fully saturated rings. The van der Waals surface area contributed by atoms with Gasteiger partial charge in [0.15, 0.2) is 0 Å². The highest BCUT2D eigenvalue weighted by atomic mass is 32.1. The maximum Gasteiger partial charge on any atom is 0.264 e. The number of hydrogen-bond donors (Lipinski definition) is 1. The standard InChI is InChI=1S/C14H22N2O2S/c1-3-10-4-5-16(11(6-10)8-15)14(17)13-7-12(18-2)9-19-13/h7,9-11H,3-6,8,15H2,1-2H3. The Morgan fingerprint density at radius 1 is 1.63 bits per heavy atom. The third-order valence-electron chi connectivity index (χ3n) is 3.96. The van der Waals surface area contributed by atoms with E-state index in [0.717, 1.165) is 30.0 Å². The van der Waals surface area contributed by atoms with Crippen LogP contribution in [0, 0.1) is 5.92 Å². The highest BCUT2D eigenvalue weighted by Gasteiger charge is 2.31. The van der Waals surface area contributed by atoms with Crippen LogP contribution in [0.25, 0.3) is 0 Å². The summed E-state index contributed by atoms with van der Waals surface area (Å²) in [6.45, 7) is 3.57. The first-order chi connectivity index (χ1) is 9.19. The molecule has 4 nitrogen and oxygen atoms in total. The molecule has 2 N–H and O–H groups in total. The monoisotopic (exact) mass is 282 g/mol. The van der Waals surface area contributed by atoms with E-state index in [2.05, 4.69) is 6.92 Å². The zero-order chi connectivity index (χ0) is 13.8. The molecule has 0 aromatic carbocycles. The molecule has 1 saturated heterocycles. The van der Waals surface area contributed by atoms with E-state index in [9.17, 15) is 4.79 Å². The number of thiophene rings is 1. The fourth-order valence-electron chi connectivity index (χ4n) is 2.68. The first-order valence-electron chi connectivity index (χ1n) is 6.83. The molecule has 0 radical (unpaired) electrons. The van der Waals surface area contributed by atoms with Gasteiger partial charge < -0.3 is 15.4 Å². The maximum atomic E-state index is 12.5. The van der Waals surface area contributed by atoms with Crippen molar-refractivity contribution in [1.29, 1.82) is 0 Å². The number of likely N-dealkylation sites (tertiary alicyclic amines) is 1. The SMILES string of the molecule is CCC1CCN(C(=O)c2cc(OC)cs2)C(CN)C1. The smallest absolute Gasteiger partial charge is 0.264 e. The minimum Gasteiger partial charge on any atom is -0.496 e. The Balaban J connectivity index is 2.09. The number of methoxy groups -OCH3 is 1. The predicted octanol–water partition coefficient (Wildman–Crippen LogP) is 2.35. The second-order valence-corrected chi connectivity index (χ2v) is 5.95. The lowest BCUT2D eigenvalue weighted by atomic mass is 9.89. The Hall–Kier alpha value is -1.07. The molecule has 2 heterocycles. The molecule has 1 amide bonds. The van der Waals surface area contributed by atoms with Crippen molar-refractivity contribution in [2.75, 3.05) is 20.2 Å². The third-order valence-corrected chi connectivity index (χ3v) is 4.85. The van der Waals surface area contributed by atoms with Crippen LogP contribution >= 0.6 is 11.3 Å². The summed E-state index contributed by atoms with van der Waals surface area (Å²) < 4.78 is 5.13. The molecule has 1 aliphatic heterocycles. The molecule has 1 aliphatic rings. The molecule has 5 heteroatoms. The molecule has 19 heavy (non-hydrogen) atoms. The summed E-state index contributed by atoms with van der Waals surface area (Å²) in [4.78, 5) is 15.2. The van der Waals surface area contributed by atoms with Gasteiger partial charge in [0.05, 0.1) is 12.0 Å². The Bertz CT molecular complexity index is 433. The molecule has 1 aromatic rings. The summed E-state index contributed by atoms with van der Waals surface area (Å²) in [6.07, 6.45) is 3.29. The highest BCUT2D eigenvalue weighted by molar-refractivity contribution is 7.12. The Labute approximate surface area is 118 Å². The van der Waals surface area contributed by atoms with Gasteiger partial charge in [-0.25, -0.2) is 0 Å². The van der Waals surface area contributed by atoms with Gasteiger partial charge >= 0.3 is 0 Å². The van der Waals surface area contributed by atoms with E-state index in [1.165, 1.54) is 17.8 Å². The number of piperidine rings is 1. The minimum atomic E-state index is 0.0957. The van der Waals surface area contributed by atoms with Gasteiger partial charge in [0, 0.05) is 30.6 Å². The fourth-order valence-corrected chi connectivity index (χ4v) is 3.48. The summed E-state index contributed by atoms with van der Waals surface area (Å²) >= 11 is 1.44. The van der Waals surface area contributed by atoms with Crippen molar-refractivity contribution < 1.29 is 9.53 Å². The Morgan fingerprint density at radius 2 is 2.42 bits per heavy atom. The zero-order valence-electron chi connectivity index (χ0n) is 11.6. The maximum absolute atomic E-state index is 12.5. The normalized spacial score (nSPS) is 23.4. The molecule has 0 aliphatic carbocycles. The number of ether oxygens (including phenoxy) is 1. The van der Waals surface area contributed by atoms with Gasteiger partial charge in [0.2, 0.25) is 0 Å². The first-order valence-corrected chi connectivity index (χ1v) is 7.71. The number of nitrogens with zero attached hydrogens (tertiary/aromatic N) is 1. The van der Waals surface area contributed by atoms with Gasteiger partial charge in [-0.3, -0.25) is 4.79 Å². The van der Waals surface area contributed by atoms with Gasteiger partial charge in [0.25, 0.3) is 5.91 Å². The first kappa shape index (κ1) is 14.3. The Kier molecular flexibility index (Phi) is 4.82. The van der Waals surface area contributed by atoms with Crippen LogP contribution in [0.4, 0.5) is 0 Å². The van der Waals surface area contributed by atoms with Crippen molar-refractivity contribution in [1.82, 2.24) is 4.90 Å². The summed E-state index contributed by atoms with van der Waals surface area (Å²) in [6, 6.07) is 1.99. The summed E-state index contributed by atoms with van der Waals surface area (Å²) in [5.41, 5.74) is 5.84. The second-order valence-electron chi connectivity index (χ2n) is 5.04. The number of carbonyl (C=O) groups is 1. The number of hydrogen-bond acceptors (Lipinski definition) is 4. The largest absolute Gasteiger partial charge is 0.496 e. The van der Waals surface area contributed by atoms with Crippen LogP contribution in [0.15, 0.2) is 11.4 Å². The van der Waals surface area contributed by atoms with E-state index < -0.39 is 0 Å². The minimum absolute atomic E-state index is 0.0957. The second kappa shape index (κ2) is 6.39. The number of rotatable bonds is 4. The van der Waals surface area contributed by atoms with Gasteiger partial charge in [-0.05, 0) is 18.8 Å². The van der Waals surface area contributed by atoms with Gasteiger partial charge in [-0.15, -0.1) is 11.3 Å². The van der Waals surface area contributed by atoms with Crippen LogP contribution in [0.2, 0.25) is 0 Å². The Morgan fingerprint density at radius 3 is 3.00 bits per heavy atom. The van der Waals surface area contributed by atoms with Crippen molar-refractivity contribution >= 4 is 17.2 Å². The average molecular weight is 282 g/mol. The van der Waals surface area contributed by atoms with E-state index in [1.807, 2.05) is 16.3 Å². The molecular formula is C14H22N2O2S. The summed E-state index contributed by atoms with van der Waals surface area (Å²) in [7, 11) is 1.62. The summed E-state index contributed by atoms with van der Waals surface area (Å²) in [5.74, 6) is 1.55. The van der Waals surface area contributed by atoms with E-state index in [1.54, 1.807) is 7.11 Å². The lowest BCUT2D eigenvalue weighted by Crippen LogP contribution is -2.49. The van der Waals surface area contributed by atoms with Crippen LogP contribution < -0.4 is 10.5 Å². The fraction of sp³-hybridized carbons (Fsp3) is 0.643. The quantitative estimate of drug-likeness (QED) is 0.922. The molecular weight excluding hydrogens is 260 g/mol. The van der Waals surface area contributed by atoms with Crippen LogP contribution in [-0.2, 0) is 0 Å². The molecule has 0 spiro atoms. The van der Waals surface area contributed by atoms with Crippen molar-refractivity contribution in [3.05, 3.63) is 16.3 Å². The van der Waals surface area contributed by atoms with Crippen molar-refractivity contribution in [2.24, 2.45) is 11.7 Å². The highest BCUT2D eigenvalue weighted by Crippen LogP contribution is 2.29. The van der Waals surface area contributed by atoms with Crippen LogP contribution in [-0.4, -0.2) is 37.0 Å². The molecule has 106 valence electrons. The molecule has 2 unspecified atom stereocenters. The van der Waals surface area contributed by atoms with Crippen molar-refractivity contribution in [3.8, 4) is 5.75 Å². The van der Waals surface area contributed by atoms with E-state index in [4.69, 9.17) is 10.5 Å². The van der Waals surface area contributed by atoms with Crippen LogP contribution in [0.5, 0.6) is 5.75 Å². The van der Waals surface area contributed by atoms with Crippen LogP contribution in [0.1, 0.15) is 35.9 Å². The zero-order valence-corrected chi connectivity index (χ0v) is 12.4. The topological polar surface area (TPSA) is 55.6 Å². The average Bonchev–Trinajstić information content (AvgIpc) is 2.94. The molecule has 0 bridgehead atoms. The number of carbonyl (C=O) groups excluding carboxylic acids is 1. The van der Waals surface area contributed by atoms with Gasteiger partial charge in [-0.1, -0.05) is 13.3 Å². The number of amides is 1. The summed E-state index contributed by atoms with van der Waals surface area (Å²) in [5, 5.41) is 1.86. The molecule has 0 saturated carbocycles. The molecule has 2 rings (SSSR count). The van der Waals surface area contributed by atoms with E-state index in [-0.39, 0.29) is 11.9 Å². The van der Waals surface area contributed by atoms with E-state index >= 15 is 0 Å². The molecule has 2 atom stereocenters. The predicted molar refractivity (Wildman–Crippen MR) is 77.8 cm³/mol. The van der Waals surface area contributed by atoms with Gasteiger partial charge in [-0.2, -0.15) is 0 Å². The van der Waals surface area contributed by atoms with Crippen molar-refractivity contribution in [2.45, 2.75) is 32.2 Å². The van der Waals surface area contributed by atoms with Crippen molar-refractivity contribution in [3.63, 3.8) is 0 Å². The van der Waals surface area contributed by atoms with Crippen LogP contribution in [0.3, 0.4) is 0 Å².